The van der Waals surface area contributed by atoms with E-state index in [0.717, 1.165) is 26.1 Å². The monoisotopic (exact) mass is 234 g/mol. The largest absolute Gasteiger partial charge is 0.392 e. The van der Waals surface area contributed by atoms with Crippen LogP contribution >= 0.6 is 0 Å². The predicted molar refractivity (Wildman–Crippen MR) is 71.5 cm³/mol. The summed E-state index contributed by atoms with van der Waals surface area (Å²) in [5.41, 5.74) is 2.62. The van der Waals surface area contributed by atoms with E-state index in [1.54, 1.807) is 0 Å². The zero-order valence-corrected chi connectivity index (χ0v) is 10.7. The molecule has 2 rings (SSSR count). The predicted octanol–water partition coefficient (Wildman–Crippen LogP) is 1.54. The summed E-state index contributed by atoms with van der Waals surface area (Å²) in [6, 6.07) is 8.88. The van der Waals surface area contributed by atoms with Gasteiger partial charge in [-0.1, -0.05) is 18.2 Å². The van der Waals surface area contributed by atoms with E-state index in [1.807, 2.05) is 0 Å². The van der Waals surface area contributed by atoms with Crippen molar-refractivity contribution in [3.63, 3.8) is 0 Å². The minimum atomic E-state index is -0.171. The SMILES string of the molecule is CCN(CC1CC(O)CN1)c1ccccc1C. The van der Waals surface area contributed by atoms with Crippen molar-refractivity contribution in [1.29, 1.82) is 0 Å². The van der Waals surface area contributed by atoms with Crippen LogP contribution in [0.5, 0.6) is 0 Å². The molecule has 0 aliphatic carbocycles. The minimum Gasteiger partial charge on any atom is -0.392 e. The molecule has 1 aromatic rings. The Labute approximate surface area is 103 Å². The first kappa shape index (κ1) is 12.4. The van der Waals surface area contributed by atoms with Crippen LogP contribution in [0.4, 0.5) is 5.69 Å². The molecular weight excluding hydrogens is 212 g/mol. The smallest absolute Gasteiger partial charge is 0.0680 e. The molecule has 94 valence electrons. The number of para-hydroxylation sites is 1. The van der Waals surface area contributed by atoms with Gasteiger partial charge < -0.3 is 15.3 Å². The summed E-state index contributed by atoms with van der Waals surface area (Å²) in [5.74, 6) is 0. The lowest BCUT2D eigenvalue weighted by Gasteiger charge is -2.28. The van der Waals surface area contributed by atoms with Gasteiger partial charge in [-0.15, -0.1) is 0 Å². The van der Waals surface area contributed by atoms with E-state index in [1.165, 1.54) is 11.3 Å². The lowest BCUT2D eigenvalue weighted by Crippen LogP contribution is -2.37. The van der Waals surface area contributed by atoms with Crippen molar-refractivity contribution in [3.8, 4) is 0 Å². The molecule has 3 nitrogen and oxygen atoms in total. The van der Waals surface area contributed by atoms with Gasteiger partial charge >= 0.3 is 0 Å². The van der Waals surface area contributed by atoms with Crippen LogP contribution in [0.15, 0.2) is 24.3 Å². The van der Waals surface area contributed by atoms with Crippen LogP contribution in [-0.2, 0) is 0 Å². The molecular formula is C14H22N2O. The van der Waals surface area contributed by atoms with Gasteiger partial charge in [0.1, 0.15) is 0 Å². The number of nitrogens with one attached hydrogen (secondary N) is 1. The van der Waals surface area contributed by atoms with E-state index in [0.29, 0.717) is 6.04 Å². The van der Waals surface area contributed by atoms with Gasteiger partial charge in [-0.05, 0) is 31.9 Å². The van der Waals surface area contributed by atoms with E-state index in [4.69, 9.17) is 0 Å². The van der Waals surface area contributed by atoms with Gasteiger partial charge in [-0.25, -0.2) is 0 Å². The highest BCUT2D eigenvalue weighted by molar-refractivity contribution is 5.53. The number of likely N-dealkylation sites (N-methyl/N-ethyl adjacent to an activating group) is 1. The molecule has 2 unspecified atom stereocenters. The Bertz CT molecular complexity index is 367. The summed E-state index contributed by atoms with van der Waals surface area (Å²) in [5, 5.41) is 12.9. The average Bonchev–Trinajstić information content (AvgIpc) is 2.73. The molecule has 0 radical (unpaired) electrons. The highest BCUT2D eigenvalue weighted by Gasteiger charge is 2.23. The molecule has 1 fully saturated rings. The zero-order chi connectivity index (χ0) is 12.3. The quantitative estimate of drug-likeness (QED) is 0.829. The topological polar surface area (TPSA) is 35.5 Å². The van der Waals surface area contributed by atoms with E-state index in [9.17, 15) is 5.11 Å². The van der Waals surface area contributed by atoms with Crippen LogP contribution in [0.1, 0.15) is 18.9 Å². The molecule has 1 aromatic carbocycles. The fraction of sp³-hybridized carbons (Fsp3) is 0.571. The van der Waals surface area contributed by atoms with Crippen molar-refractivity contribution < 1.29 is 5.11 Å². The van der Waals surface area contributed by atoms with Crippen molar-refractivity contribution in [2.75, 3.05) is 24.5 Å². The molecule has 17 heavy (non-hydrogen) atoms. The van der Waals surface area contributed by atoms with E-state index in [-0.39, 0.29) is 6.10 Å². The fourth-order valence-corrected chi connectivity index (χ4v) is 2.52. The lowest BCUT2D eigenvalue weighted by molar-refractivity contribution is 0.193. The number of rotatable bonds is 4. The maximum atomic E-state index is 9.53. The standard InChI is InChI=1S/C14H22N2O/c1-3-16(10-12-8-13(17)9-15-12)14-7-5-4-6-11(14)2/h4-7,12-13,15,17H,3,8-10H2,1-2H3. The molecule has 1 heterocycles. The van der Waals surface area contributed by atoms with Crippen LogP contribution in [-0.4, -0.2) is 36.9 Å². The van der Waals surface area contributed by atoms with E-state index >= 15 is 0 Å². The highest BCUT2D eigenvalue weighted by Crippen LogP contribution is 2.20. The molecule has 3 heteroatoms. The average molecular weight is 234 g/mol. The summed E-state index contributed by atoms with van der Waals surface area (Å²) < 4.78 is 0. The molecule has 0 aromatic heterocycles. The van der Waals surface area contributed by atoms with Gasteiger partial charge in [-0.2, -0.15) is 0 Å². The third kappa shape index (κ3) is 2.99. The first-order chi connectivity index (χ1) is 8.20. The third-order valence-corrected chi connectivity index (χ3v) is 3.48. The van der Waals surface area contributed by atoms with Crippen molar-refractivity contribution >= 4 is 5.69 Å². The number of β-amino-alcohol motifs (C(OH)–C–C–N with tert-alkyl or cyclic N) is 1. The van der Waals surface area contributed by atoms with Crippen LogP contribution < -0.4 is 10.2 Å². The molecule has 2 atom stereocenters. The maximum absolute atomic E-state index is 9.53. The summed E-state index contributed by atoms with van der Waals surface area (Å²) in [4.78, 5) is 2.38. The number of hydrogen-bond donors (Lipinski definition) is 2. The highest BCUT2D eigenvalue weighted by atomic mass is 16.3. The normalized spacial score (nSPS) is 23.9. The molecule has 0 amide bonds. The van der Waals surface area contributed by atoms with Crippen molar-refractivity contribution in [2.45, 2.75) is 32.4 Å². The Morgan fingerprint density at radius 3 is 2.76 bits per heavy atom. The van der Waals surface area contributed by atoms with Gasteiger partial charge in [-0.3, -0.25) is 0 Å². The van der Waals surface area contributed by atoms with Gasteiger partial charge in [0, 0.05) is 31.4 Å². The lowest BCUT2D eigenvalue weighted by atomic mass is 10.1. The van der Waals surface area contributed by atoms with Crippen molar-refractivity contribution in [2.24, 2.45) is 0 Å². The van der Waals surface area contributed by atoms with Gasteiger partial charge in [0.25, 0.3) is 0 Å². The number of hydrogen-bond acceptors (Lipinski definition) is 3. The molecule has 1 aliphatic rings. The van der Waals surface area contributed by atoms with Crippen molar-refractivity contribution in [1.82, 2.24) is 5.32 Å². The molecule has 0 saturated carbocycles. The van der Waals surface area contributed by atoms with Gasteiger partial charge in [0.05, 0.1) is 6.10 Å². The Balaban J connectivity index is 2.04. The summed E-state index contributed by atoms with van der Waals surface area (Å²) in [6.45, 7) is 7.03. The van der Waals surface area contributed by atoms with Crippen LogP contribution in [0.3, 0.4) is 0 Å². The molecule has 1 aliphatic heterocycles. The summed E-state index contributed by atoms with van der Waals surface area (Å²) >= 11 is 0. The molecule has 2 N–H and O–H groups in total. The molecule has 1 saturated heterocycles. The molecule has 0 spiro atoms. The molecule has 0 bridgehead atoms. The second-order valence-corrected chi connectivity index (χ2v) is 4.82. The third-order valence-electron chi connectivity index (χ3n) is 3.48. The second-order valence-electron chi connectivity index (χ2n) is 4.82. The Morgan fingerprint density at radius 1 is 1.41 bits per heavy atom. The number of anilines is 1. The first-order valence-electron chi connectivity index (χ1n) is 6.42. The second kappa shape index (κ2) is 5.52. The van der Waals surface area contributed by atoms with Crippen LogP contribution in [0.25, 0.3) is 0 Å². The van der Waals surface area contributed by atoms with E-state index in [2.05, 4.69) is 48.3 Å². The number of aryl methyl sites for hydroxylation is 1. The summed E-state index contributed by atoms with van der Waals surface area (Å²) in [6.07, 6.45) is 0.693. The van der Waals surface area contributed by atoms with Crippen molar-refractivity contribution in [3.05, 3.63) is 29.8 Å². The number of aliphatic hydroxyl groups is 1. The van der Waals surface area contributed by atoms with Crippen LogP contribution in [0.2, 0.25) is 0 Å². The van der Waals surface area contributed by atoms with E-state index < -0.39 is 0 Å². The maximum Gasteiger partial charge on any atom is 0.0680 e. The Morgan fingerprint density at radius 2 is 2.18 bits per heavy atom. The Kier molecular flexibility index (Phi) is 4.02. The first-order valence-corrected chi connectivity index (χ1v) is 6.42. The van der Waals surface area contributed by atoms with Gasteiger partial charge in [0.2, 0.25) is 0 Å². The number of aliphatic hydroxyl groups excluding tert-OH is 1. The zero-order valence-electron chi connectivity index (χ0n) is 10.7. The van der Waals surface area contributed by atoms with Crippen LogP contribution in [0, 0.1) is 6.92 Å². The van der Waals surface area contributed by atoms with Gasteiger partial charge in [0.15, 0.2) is 0 Å². The fourth-order valence-electron chi connectivity index (χ4n) is 2.52. The minimum absolute atomic E-state index is 0.171. The number of nitrogens with zero attached hydrogens (tertiary/aromatic N) is 1. The number of benzene rings is 1. The summed E-state index contributed by atoms with van der Waals surface area (Å²) in [7, 11) is 0. The Hall–Kier alpha value is -1.06.